The first-order valence-corrected chi connectivity index (χ1v) is 9.38. The van der Waals surface area contributed by atoms with E-state index in [1.54, 1.807) is 11.8 Å². The predicted molar refractivity (Wildman–Crippen MR) is 107 cm³/mol. The van der Waals surface area contributed by atoms with Gasteiger partial charge >= 0.3 is 0 Å². The van der Waals surface area contributed by atoms with Crippen molar-refractivity contribution in [3.8, 4) is 0 Å². The second kappa shape index (κ2) is 9.27. The summed E-state index contributed by atoms with van der Waals surface area (Å²) in [4.78, 5) is 15.7. The molecule has 0 radical (unpaired) electrons. The smallest absolute Gasteiger partial charge is 0.232 e. The largest absolute Gasteiger partial charge is 0.341 e. The molecule has 2 aromatic rings. The molecule has 3 rings (SSSR count). The monoisotopic (exact) mass is 376 g/mol. The SMILES string of the molecule is Cc1ccc(SCC(=O)N2C[C@@H](CN)[C@H](c3ccccc3)C2)cc1.Cl. The van der Waals surface area contributed by atoms with Gasteiger partial charge in [-0.25, -0.2) is 0 Å². The summed E-state index contributed by atoms with van der Waals surface area (Å²) in [5, 5.41) is 0. The Morgan fingerprint density at radius 3 is 2.44 bits per heavy atom. The van der Waals surface area contributed by atoms with Gasteiger partial charge in [0.25, 0.3) is 0 Å². The van der Waals surface area contributed by atoms with Gasteiger partial charge in [-0.3, -0.25) is 4.79 Å². The Labute approximate surface area is 160 Å². The summed E-state index contributed by atoms with van der Waals surface area (Å²) in [7, 11) is 0. The lowest BCUT2D eigenvalue weighted by atomic mass is 9.89. The van der Waals surface area contributed by atoms with E-state index in [4.69, 9.17) is 5.73 Å². The summed E-state index contributed by atoms with van der Waals surface area (Å²) >= 11 is 1.61. The molecule has 0 saturated carbocycles. The summed E-state index contributed by atoms with van der Waals surface area (Å²) in [5.41, 5.74) is 8.48. The number of nitrogens with two attached hydrogens (primary N) is 1. The average Bonchev–Trinajstić information content (AvgIpc) is 3.06. The molecule has 1 aliphatic rings. The lowest BCUT2D eigenvalue weighted by Gasteiger charge is -2.16. The molecule has 2 N–H and O–H groups in total. The van der Waals surface area contributed by atoms with Crippen LogP contribution in [-0.2, 0) is 4.79 Å². The van der Waals surface area contributed by atoms with Gasteiger partial charge < -0.3 is 10.6 Å². The maximum Gasteiger partial charge on any atom is 0.232 e. The number of carbonyl (C=O) groups excluding carboxylic acids is 1. The van der Waals surface area contributed by atoms with Gasteiger partial charge in [0.05, 0.1) is 5.75 Å². The molecule has 0 unspecified atom stereocenters. The summed E-state index contributed by atoms with van der Waals surface area (Å²) in [6.07, 6.45) is 0. The molecule has 2 atom stereocenters. The number of rotatable bonds is 5. The van der Waals surface area contributed by atoms with Gasteiger partial charge in [0.2, 0.25) is 5.91 Å². The molecule has 2 aromatic carbocycles. The second-order valence-electron chi connectivity index (χ2n) is 6.41. The molecule has 1 aliphatic heterocycles. The van der Waals surface area contributed by atoms with Gasteiger partial charge in [0.15, 0.2) is 0 Å². The fourth-order valence-corrected chi connectivity index (χ4v) is 4.06. The first kappa shape index (κ1) is 19.8. The molecule has 0 bridgehead atoms. The van der Waals surface area contributed by atoms with Crippen LogP contribution in [0.2, 0.25) is 0 Å². The highest BCUT2D eigenvalue weighted by atomic mass is 35.5. The molecular weight excluding hydrogens is 352 g/mol. The van der Waals surface area contributed by atoms with Crippen LogP contribution < -0.4 is 5.73 Å². The predicted octanol–water partition coefficient (Wildman–Crippen LogP) is 3.71. The topological polar surface area (TPSA) is 46.3 Å². The van der Waals surface area contributed by atoms with Crippen LogP contribution in [0.4, 0.5) is 0 Å². The van der Waals surface area contributed by atoms with E-state index in [-0.39, 0.29) is 18.3 Å². The molecule has 1 heterocycles. The molecule has 0 aliphatic carbocycles. The number of likely N-dealkylation sites (tertiary alicyclic amines) is 1. The summed E-state index contributed by atoms with van der Waals surface area (Å²) in [6, 6.07) is 18.7. The Kier molecular flexibility index (Phi) is 7.36. The number of halogens is 1. The van der Waals surface area contributed by atoms with E-state index in [9.17, 15) is 4.79 Å². The second-order valence-corrected chi connectivity index (χ2v) is 7.46. The zero-order chi connectivity index (χ0) is 16.9. The van der Waals surface area contributed by atoms with Crippen molar-refractivity contribution in [2.45, 2.75) is 17.7 Å². The van der Waals surface area contributed by atoms with E-state index in [0.717, 1.165) is 18.0 Å². The molecule has 1 amide bonds. The standard InChI is InChI=1S/C20H24N2OS.ClH/c1-15-7-9-18(10-8-15)24-14-20(23)22-12-17(11-21)19(13-22)16-5-3-2-4-6-16;/h2-10,17,19H,11-14,21H2,1H3;1H/t17-,19+;/m1./s1. The first-order valence-electron chi connectivity index (χ1n) is 8.39. The molecular formula is C20H25ClN2OS. The first-order chi connectivity index (χ1) is 11.7. The van der Waals surface area contributed by atoms with Crippen molar-refractivity contribution in [1.82, 2.24) is 4.90 Å². The van der Waals surface area contributed by atoms with Crippen molar-refractivity contribution in [1.29, 1.82) is 0 Å². The van der Waals surface area contributed by atoms with E-state index >= 15 is 0 Å². The highest BCUT2D eigenvalue weighted by molar-refractivity contribution is 8.00. The summed E-state index contributed by atoms with van der Waals surface area (Å²) < 4.78 is 0. The van der Waals surface area contributed by atoms with Gasteiger partial charge in [-0.15, -0.1) is 24.2 Å². The van der Waals surface area contributed by atoms with Gasteiger partial charge in [0.1, 0.15) is 0 Å². The lowest BCUT2D eigenvalue weighted by molar-refractivity contribution is -0.127. The van der Waals surface area contributed by atoms with E-state index in [1.165, 1.54) is 11.1 Å². The highest BCUT2D eigenvalue weighted by Crippen LogP contribution is 2.32. The number of benzene rings is 2. The minimum absolute atomic E-state index is 0. The van der Waals surface area contributed by atoms with Crippen molar-refractivity contribution in [3.63, 3.8) is 0 Å². The van der Waals surface area contributed by atoms with Crippen molar-refractivity contribution in [2.24, 2.45) is 11.7 Å². The van der Waals surface area contributed by atoms with Crippen molar-refractivity contribution in [2.75, 3.05) is 25.4 Å². The Morgan fingerprint density at radius 2 is 1.80 bits per heavy atom. The van der Waals surface area contributed by atoms with Crippen LogP contribution in [0.15, 0.2) is 59.5 Å². The molecule has 25 heavy (non-hydrogen) atoms. The molecule has 1 fully saturated rings. The van der Waals surface area contributed by atoms with Gasteiger partial charge in [-0.2, -0.15) is 0 Å². The maximum absolute atomic E-state index is 12.6. The third-order valence-electron chi connectivity index (χ3n) is 4.71. The zero-order valence-corrected chi connectivity index (χ0v) is 16.1. The Morgan fingerprint density at radius 1 is 1.12 bits per heavy atom. The van der Waals surface area contributed by atoms with E-state index in [2.05, 4.69) is 55.5 Å². The quantitative estimate of drug-likeness (QED) is 0.809. The fraction of sp³-hybridized carbons (Fsp3) is 0.350. The minimum Gasteiger partial charge on any atom is -0.341 e. The van der Waals surface area contributed by atoms with Crippen LogP contribution in [0.25, 0.3) is 0 Å². The number of amides is 1. The molecule has 0 aromatic heterocycles. The van der Waals surface area contributed by atoms with Crippen molar-refractivity contribution >= 4 is 30.1 Å². The lowest BCUT2D eigenvalue weighted by Crippen LogP contribution is -2.31. The van der Waals surface area contributed by atoms with Crippen LogP contribution in [0.5, 0.6) is 0 Å². The third-order valence-corrected chi connectivity index (χ3v) is 5.70. The van der Waals surface area contributed by atoms with Gasteiger partial charge in [-0.1, -0.05) is 48.0 Å². The Hall–Kier alpha value is -1.49. The molecule has 5 heteroatoms. The molecule has 0 spiro atoms. The van der Waals surface area contributed by atoms with E-state index in [1.807, 2.05) is 11.0 Å². The summed E-state index contributed by atoms with van der Waals surface area (Å²) in [6.45, 7) is 4.23. The zero-order valence-electron chi connectivity index (χ0n) is 14.4. The number of nitrogens with zero attached hydrogens (tertiary/aromatic N) is 1. The number of aryl methyl sites for hydroxylation is 1. The van der Waals surface area contributed by atoms with Gasteiger partial charge in [-0.05, 0) is 37.1 Å². The Bertz CT molecular complexity index is 678. The number of carbonyl (C=O) groups is 1. The molecule has 134 valence electrons. The Balaban J connectivity index is 0.00000225. The van der Waals surface area contributed by atoms with Crippen molar-refractivity contribution < 1.29 is 4.79 Å². The molecule has 3 nitrogen and oxygen atoms in total. The molecule has 1 saturated heterocycles. The minimum atomic E-state index is 0. The van der Waals surface area contributed by atoms with Gasteiger partial charge in [0, 0.05) is 23.9 Å². The van der Waals surface area contributed by atoms with E-state index in [0.29, 0.717) is 24.1 Å². The number of hydrogen-bond donors (Lipinski definition) is 1. The van der Waals surface area contributed by atoms with Crippen LogP contribution in [-0.4, -0.2) is 36.2 Å². The number of hydrogen-bond acceptors (Lipinski definition) is 3. The van der Waals surface area contributed by atoms with Crippen molar-refractivity contribution in [3.05, 3.63) is 65.7 Å². The maximum atomic E-state index is 12.6. The summed E-state index contributed by atoms with van der Waals surface area (Å²) in [5.74, 6) is 1.39. The van der Waals surface area contributed by atoms with Crippen LogP contribution in [0, 0.1) is 12.8 Å². The van der Waals surface area contributed by atoms with E-state index < -0.39 is 0 Å². The third kappa shape index (κ3) is 5.00. The normalized spacial score (nSPS) is 19.5. The fourth-order valence-electron chi connectivity index (χ4n) is 3.26. The van der Waals surface area contributed by atoms with Crippen LogP contribution in [0.3, 0.4) is 0 Å². The highest BCUT2D eigenvalue weighted by Gasteiger charge is 2.34. The van der Waals surface area contributed by atoms with Crippen LogP contribution in [0.1, 0.15) is 17.0 Å². The van der Waals surface area contributed by atoms with Crippen LogP contribution >= 0.6 is 24.2 Å². The average molecular weight is 377 g/mol. The number of thioether (sulfide) groups is 1.